The maximum absolute atomic E-state index is 13.6. The molecule has 5 aromatic rings. The number of rotatable bonds is 11. The van der Waals surface area contributed by atoms with Gasteiger partial charge in [-0.15, -0.1) is 22.7 Å². The van der Waals surface area contributed by atoms with Gasteiger partial charge in [-0.2, -0.15) is 4.31 Å². The van der Waals surface area contributed by atoms with Gasteiger partial charge in [0.05, 0.1) is 15.1 Å². The van der Waals surface area contributed by atoms with Crippen LogP contribution in [0.2, 0.25) is 0 Å². The van der Waals surface area contributed by atoms with Gasteiger partial charge < -0.3 is 14.8 Å². The molecule has 2 aromatic heterocycles. The van der Waals surface area contributed by atoms with Crippen LogP contribution in [0, 0.1) is 6.92 Å². The SMILES string of the molecule is CCCN(CCC)S(=O)(=O)c1ccc(C(=O)Nc2sc(Cc3ccc4c(c3)OCO4)c(C)c2-c2nc3ccccc3s2)cc1. The molecule has 0 saturated heterocycles. The molecule has 1 aliphatic heterocycles. The quantitative estimate of drug-likeness (QED) is 0.158. The number of thiazole rings is 1. The number of nitrogens with one attached hydrogen (secondary N) is 1. The van der Waals surface area contributed by atoms with Gasteiger partial charge in [-0.25, -0.2) is 13.4 Å². The fraction of sp³-hybridized carbons (Fsp3) is 0.273. The van der Waals surface area contributed by atoms with Crippen LogP contribution in [0.25, 0.3) is 20.8 Å². The fourth-order valence-electron chi connectivity index (χ4n) is 5.24. The zero-order valence-electron chi connectivity index (χ0n) is 24.8. The van der Waals surface area contributed by atoms with Gasteiger partial charge in [0.25, 0.3) is 5.91 Å². The maximum atomic E-state index is 13.6. The lowest BCUT2D eigenvalue weighted by Gasteiger charge is -2.21. The Kier molecular flexibility index (Phi) is 8.73. The zero-order valence-corrected chi connectivity index (χ0v) is 27.2. The van der Waals surface area contributed by atoms with Crippen LogP contribution in [0.3, 0.4) is 0 Å². The molecular weight excluding hydrogens is 615 g/mol. The Morgan fingerprint density at radius 2 is 1.68 bits per heavy atom. The molecular formula is C33H33N3O5S3. The Hall–Kier alpha value is -3.77. The summed E-state index contributed by atoms with van der Waals surface area (Å²) >= 11 is 3.11. The minimum absolute atomic E-state index is 0.184. The highest BCUT2D eigenvalue weighted by atomic mass is 32.2. The number of aromatic nitrogens is 1. The first-order valence-electron chi connectivity index (χ1n) is 14.6. The first kappa shape index (κ1) is 30.3. The Bertz CT molecular complexity index is 1890. The number of para-hydroxylation sites is 1. The van der Waals surface area contributed by atoms with Gasteiger partial charge in [0.1, 0.15) is 10.0 Å². The van der Waals surface area contributed by atoms with Crippen molar-refractivity contribution in [2.75, 3.05) is 25.2 Å². The van der Waals surface area contributed by atoms with E-state index in [4.69, 9.17) is 14.5 Å². The third kappa shape index (κ3) is 5.97. The molecule has 1 N–H and O–H groups in total. The van der Waals surface area contributed by atoms with Crippen molar-refractivity contribution in [1.82, 2.24) is 9.29 Å². The monoisotopic (exact) mass is 647 g/mol. The van der Waals surface area contributed by atoms with E-state index in [2.05, 4.69) is 12.2 Å². The molecule has 0 unspecified atom stereocenters. The van der Waals surface area contributed by atoms with Gasteiger partial charge in [-0.3, -0.25) is 4.79 Å². The smallest absolute Gasteiger partial charge is 0.256 e. The minimum Gasteiger partial charge on any atom is -0.454 e. The van der Waals surface area contributed by atoms with E-state index in [1.807, 2.05) is 56.3 Å². The van der Waals surface area contributed by atoms with Crippen LogP contribution < -0.4 is 14.8 Å². The van der Waals surface area contributed by atoms with Gasteiger partial charge in [-0.1, -0.05) is 32.0 Å². The molecule has 0 saturated carbocycles. The number of hydrogen-bond acceptors (Lipinski definition) is 8. The van der Waals surface area contributed by atoms with E-state index in [1.54, 1.807) is 23.5 Å². The Morgan fingerprint density at radius 1 is 0.955 bits per heavy atom. The van der Waals surface area contributed by atoms with E-state index in [-0.39, 0.29) is 17.6 Å². The third-order valence-electron chi connectivity index (χ3n) is 7.48. The topological polar surface area (TPSA) is 97.8 Å². The lowest BCUT2D eigenvalue weighted by Crippen LogP contribution is -2.32. The summed E-state index contributed by atoms with van der Waals surface area (Å²) in [5.41, 5.74) is 4.30. The average molecular weight is 648 g/mol. The summed E-state index contributed by atoms with van der Waals surface area (Å²) in [4.78, 5) is 19.8. The summed E-state index contributed by atoms with van der Waals surface area (Å²) in [5, 5.41) is 4.66. The van der Waals surface area contributed by atoms with Crippen molar-refractivity contribution < 1.29 is 22.7 Å². The zero-order chi connectivity index (χ0) is 30.8. The number of carbonyl (C=O) groups is 1. The highest BCUT2D eigenvalue weighted by Crippen LogP contribution is 2.45. The first-order chi connectivity index (χ1) is 21.3. The lowest BCUT2D eigenvalue weighted by molar-refractivity contribution is 0.102. The normalized spacial score (nSPS) is 12.7. The number of sulfonamides is 1. The van der Waals surface area contributed by atoms with Crippen molar-refractivity contribution in [3.8, 4) is 22.1 Å². The molecule has 1 amide bonds. The second-order valence-corrected chi connectivity index (χ2v) is 14.7. The molecule has 0 atom stereocenters. The maximum Gasteiger partial charge on any atom is 0.256 e. The van der Waals surface area contributed by atoms with Gasteiger partial charge in [0, 0.05) is 35.5 Å². The predicted molar refractivity (Wildman–Crippen MR) is 177 cm³/mol. The Morgan fingerprint density at radius 3 is 2.41 bits per heavy atom. The van der Waals surface area contributed by atoms with E-state index in [1.165, 1.54) is 27.8 Å². The molecule has 8 nitrogen and oxygen atoms in total. The summed E-state index contributed by atoms with van der Waals surface area (Å²) in [7, 11) is -3.64. The Balaban J connectivity index is 1.31. The molecule has 3 aromatic carbocycles. The molecule has 11 heteroatoms. The van der Waals surface area contributed by atoms with Crippen molar-refractivity contribution in [2.24, 2.45) is 0 Å². The van der Waals surface area contributed by atoms with Crippen molar-refractivity contribution in [3.63, 3.8) is 0 Å². The molecule has 0 aliphatic carbocycles. The fourth-order valence-corrected chi connectivity index (χ4v) is 9.24. The molecule has 1 aliphatic rings. The number of nitrogens with zero attached hydrogens (tertiary/aromatic N) is 2. The highest BCUT2D eigenvalue weighted by molar-refractivity contribution is 7.89. The van der Waals surface area contributed by atoms with Crippen LogP contribution in [0.15, 0.2) is 71.6 Å². The average Bonchev–Trinajstić information content (AvgIpc) is 3.74. The van der Waals surface area contributed by atoms with Crippen molar-refractivity contribution in [3.05, 3.63) is 88.3 Å². The number of thiophene rings is 1. The van der Waals surface area contributed by atoms with Crippen molar-refractivity contribution >= 4 is 53.8 Å². The summed E-state index contributed by atoms with van der Waals surface area (Å²) in [5.74, 6) is 1.16. The predicted octanol–water partition coefficient (Wildman–Crippen LogP) is 7.72. The van der Waals surface area contributed by atoms with Gasteiger partial charge >= 0.3 is 0 Å². The summed E-state index contributed by atoms with van der Waals surface area (Å²) < 4.78 is 40.1. The standard InChI is InChI=1S/C33H33N3O5S3/c1-4-16-36(17-5-2)44(38,39)24-13-11-23(12-14-24)31(37)35-33-30(32-34-25-8-6-7-9-28(25)42-32)21(3)29(43-33)19-22-10-15-26-27(18-22)41-20-40-26/h6-15,18H,4-5,16-17,19-20H2,1-3H3,(H,35,37). The molecule has 6 rings (SSSR count). The minimum atomic E-state index is -3.64. The molecule has 0 fully saturated rings. The number of fused-ring (bicyclic) bond motifs is 2. The molecule has 44 heavy (non-hydrogen) atoms. The number of benzene rings is 3. The van der Waals surface area contributed by atoms with E-state index < -0.39 is 10.0 Å². The van der Waals surface area contributed by atoms with Crippen LogP contribution in [0.5, 0.6) is 11.5 Å². The lowest BCUT2D eigenvalue weighted by atomic mass is 10.1. The van der Waals surface area contributed by atoms with E-state index >= 15 is 0 Å². The van der Waals surface area contributed by atoms with Crippen LogP contribution in [-0.4, -0.2) is 43.5 Å². The van der Waals surface area contributed by atoms with Crippen LogP contribution in [0.1, 0.15) is 53.1 Å². The third-order valence-corrected chi connectivity index (χ3v) is 11.7. The van der Waals surface area contributed by atoms with E-state index in [0.29, 0.717) is 30.1 Å². The second kappa shape index (κ2) is 12.7. The van der Waals surface area contributed by atoms with Crippen molar-refractivity contribution in [2.45, 2.75) is 44.9 Å². The molecule has 228 valence electrons. The number of anilines is 1. The summed E-state index contributed by atoms with van der Waals surface area (Å²) in [6, 6.07) is 20.1. The van der Waals surface area contributed by atoms with E-state index in [0.717, 1.165) is 61.1 Å². The first-order valence-corrected chi connectivity index (χ1v) is 17.6. The van der Waals surface area contributed by atoms with Crippen LogP contribution >= 0.6 is 22.7 Å². The second-order valence-electron chi connectivity index (χ2n) is 10.6. The van der Waals surface area contributed by atoms with Crippen LogP contribution in [-0.2, 0) is 16.4 Å². The van der Waals surface area contributed by atoms with Gasteiger partial charge in [-0.05, 0) is 79.4 Å². The highest BCUT2D eigenvalue weighted by Gasteiger charge is 2.25. The number of amides is 1. The molecule has 3 heterocycles. The van der Waals surface area contributed by atoms with Crippen LogP contribution in [0.4, 0.5) is 5.00 Å². The van der Waals surface area contributed by atoms with Crippen molar-refractivity contribution in [1.29, 1.82) is 0 Å². The summed E-state index contributed by atoms with van der Waals surface area (Å²) in [6.45, 7) is 7.12. The molecule has 0 radical (unpaired) electrons. The number of hydrogen-bond donors (Lipinski definition) is 1. The van der Waals surface area contributed by atoms with Gasteiger partial charge in [0.2, 0.25) is 16.8 Å². The number of ether oxygens (including phenoxy) is 2. The van der Waals surface area contributed by atoms with Gasteiger partial charge in [0.15, 0.2) is 11.5 Å². The number of carbonyl (C=O) groups excluding carboxylic acids is 1. The Labute approximate surface area is 265 Å². The molecule has 0 spiro atoms. The largest absolute Gasteiger partial charge is 0.454 e. The molecule has 0 bridgehead atoms. The summed E-state index contributed by atoms with van der Waals surface area (Å²) in [6.07, 6.45) is 2.11. The van der Waals surface area contributed by atoms with E-state index in [9.17, 15) is 13.2 Å².